The van der Waals surface area contributed by atoms with Crippen molar-refractivity contribution in [2.45, 2.75) is 19.4 Å². The zero-order valence-electron chi connectivity index (χ0n) is 12.7. The van der Waals surface area contributed by atoms with Crippen LogP contribution in [0.1, 0.15) is 24.9 Å². The summed E-state index contributed by atoms with van der Waals surface area (Å²) in [5, 5.41) is 1.10. The van der Waals surface area contributed by atoms with Gasteiger partial charge in [0.05, 0.1) is 24.4 Å². The molecule has 1 amide bonds. The number of thioether (sulfide) groups is 1. The lowest BCUT2D eigenvalue weighted by Gasteiger charge is -2.39. The Bertz CT molecular complexity index is 745. The summed E-state index contributed by atoms with van der Waals surface area (Å²) in [5.74, 6) is 0.115. The average Bonchev–Trinajstić information content (AvgIpc) is 2.54. The number of nitrogens with zero attached hydrogens (tertiary/aromatic N) is 2. The first-order valence-electron chi connectivity index (χ1n) is 7.11. The van der Waals surface area contributed by atoms with E-state index in [0.29, 0.717) is 39.2 Å². The molecule has 0 radical (unpaired) electrons. The maximum Gasteiger partial charge on any atom is 0.338 e. The van der Waals surface area contributed by atoms with Crippen molar-refractivity contribution in [1.29, 1.82) is 0 Å². The quantitative estimate of drug-likeness (QED) is 0.769. The van der Waals surface area contributed by atoms with Crippen molar-refractivity contribution in [1.82, 2.24) is 4.90 Å². The van der Waals surface area contributed by atoms with Gasteiger partial charge in [0, 0.05) is 17.2 Å². The van der Waals surface area contributed by atoms with Crippen LogP contribution in [-0.4, -0.2) is 34.8 Å². The van der Waals surface area contributed by atoms with Gasteiger partial charge in [-0.1, -0.05) is 41.6 Å². The van der Waals surface area contributed by atoms with E-state index < -0.39 is 12.0 Å². The summed E-state index contributed by atoms with van der Waals surface area (Å²) in [7, 11) is 1.32. The first kappa shape index (κ1) is 16.1. The molecule has 120 valence electrons. The maximum absolute atomic E-state index is 12.5. The number of aliphatic imine (C=N–C) groups is 1. The molecule has 1 atom stereocenters. The molecule has 2 heterocycles. The third-order valence-electron chi connectivity index (χ3n) is 3.81. The summed E-state index contributed by atoms with van der Waals surface area (Å²) in [6, 6.07) is 6.60. The minimum absolute atomic E-state index is 0.0682. The SMILES string of the molecule is COC(=O)C1=C(C)N=C2SCCC(=O)N2[C@H]1c1ccccc1Cl. The highest BCUT2D eigenvalue weighted by molar-refractivity contribution is 8.14. The molecular weight excluding hydrogens is 336 g/mol. The van der Waals surface area contributed by atoms with Gasteiger partial charge in [-0.05, 0) is 18.6 Å². The second-order valence-corrected chi connectivity index (χ2v) is 6.64. The third kappa shape index (κ3) is 2.77. The number of benzene rings is 1. The number of esters is 1. The first-order valence-corrected chi connectivity index (χ1v) is 8.48. The van der Waals surface area contributed by atoms with Crippen molar-refractivity contribution in [3.63, 3.8) is 0 Å². The summed E-state index contributed by atoms with van der Waals surface area (Å²) in [5.41, 5.74) is 1.59. The van der Waals surface area contributed by atoms with E-state index in [0.717, 1.165) is 0 Å². The third-order valence-corrected chi connectivity index (χ3v) is 5.11. The lowest BCUT2D eigenvalue weighted by atomic mass is 9.94. The lowest BCUT2D eigenvalue weighted by Crippen LogP contribution is -2.45. The second-order valence-electron chi connectivity index (χ2n) is 5.17. The van der Waals surface area contributed by atoms with E-state index in [9.17, 15) is 9.59 Å². The molecule has 0 saturated carbocycles. The van der Waals surface area contributed by atoms with E-state index in [4.69, 9.17) is 16.3 Å². The van der Waals surface area contributed by atoms with E-state index >= 15 is 0 Å². The fraction of sp³-hybridized carbons (Fsp3) is 0.312. The zero-order chi connectivity index (χ0) is 16.6. The summed E-state index contributed by atoms with van der Waals surface area (Å²) >= 11 is 7.84. The minimum atomic E-state index is -0.607. The van der Waals surface area contributed by atoms with Crippen molar-refractivity contribution in [3.05, 3.63) is 46.1 Å². The Balaban J connectivity index is 2.22. The van der Waals surface area contributed by atoms with Crippen molar-refractivity contribution in [2.75, 3.05) is 12.9 Å². The molecule has 1 saturated heterocycles. The van der Waals surface area contributed by atoms with Gasteiger partial charge in [0.2, 0.25) is 5.91 Å². The van der Waals surface area contributed by atoms with Crippen LogP contribution >= 0.6 is 23.4 Å². The van der Waals surface area contributed by atoms with Crippen LogP contribution in [0, 0.1) is 0 Å². The largest absolute Gasteiger partial charge is 0.466 e. The lowest BCUT2D eigenvalue weighted by molar-refractivity contribution is -0.137. The molecule has 3 rings (SSSR count). The number of amides is 1. The topological polar surface area (TPSA) is 59.0 Å². The van der Waals surface area contributed by atoms with Gasteiger partial charge in [-0.25, -0.2) is 9.79 Å². The molecule has 0 bridgehead atoms. The van der Waals surface area contributed by atoms with Gasteiger partial charge in [-0.15, -0.1) is 0 Å². The molecule has 0 aliphatic carbocycles. The normalized spacial score (nSPS) is 21.0. The molecule has 5 nitrogen and oxygen atoms in total. The van der Waals surface area contributed by atoms with Gasteiger partial charge in [0.1, 0.15) is 0 Å². The highest BCUT2D eigenvalue weighted by atomic mass is 35.5. The maximum atomic E-state index is 12.5. The van der Waals surface area contributed by atoms with Crippen molar-refractivity contribution >= 4 is 40.4 Å². The Hall–Kier alpha value is -1.79. The van der Waals surface area contributed by atoms with E-state index in [1.54, 1.807) is 17.9 Å². The number of fused-ring (bicyclic) bond motifs is 1. The number of hydrogen-bond donors (Lipinski definition) is 0. The van der Waals surface area contributed by atoms with Crippen molar-refractivity contribution in [3.8, 4) is 0 Å². The van der Waals surface area contributed by atoms with Crippen LogP contribution in [0.25, 0.3) is 0 Å². The van der Waals surface area contributed by atoms with E-state index in [2.05, 4.69) is 4.99 Å². The predicted octanol–water partition coefficient (Wildman–Crippen LogP) is 3.16. The zero-order valence-corrected chi connectivity index (χ0v) is 14.3. The molecule has 1 aromatic rings. The number of carbonyl (C=O) groups excluding carboxylic acids is 2. The summed E-state index contributed by atoms with van der Waals surface area (Å²) < 4.78 is 4.91. The fourth-order valence-corrected chi connectivity index (χ4v) is 4.00. The van der Waals surface area contributed by atoms with Crippen LogP contribution in [-0.2, 0) is 14.3 Å². The Labute approximate surface area is 143 Å². The number of halogens is 1. The standard InChI is InChI=1S/C16H15ClN2O3S/c1-9-13(15(21)22-2)14(10-5-3-4-6-11(10)17)19-12(20)7-8-23-16(19)18-9/h3-6,14H,7-8H2,1-2H3/t14-/m0/s1. The van der Waals surface area contributed by atoms with E-state index in [1.807, 2.05) is 18.2 Å². The molecule has 7 heteroatoms. The first-order chi connectivity index (χ1) is 11.0. The molecule has 1 fully saturated rings. The van der Waals surface area contributed by atoms with Gasteiger partial charge in [0.15, 0.2) is 5.17 Å². The summed E-state index contributed by atoms with van der Waals surface area (Å²) in [6.45, 7) is 1.75. The number of hydrogen-bond acceptors (Lipinski definition) is 5. The highest BCUT2D eigenvalue weighted by Crippen LogP contribution is 2.42. The molecule has 0 unspecified atom stereocenters. The van der Waals surface area contributed by atoms with Crippen LogP contribution in [0.2, 0.25) is 5.02 Å². The van der Waals surface area contributed by atoms with Crippen LogP contribution in [0.3, 0.4) is 0 Å². The van der Waals surface area contributed by atoms with Crippen LogP contribution in [0.4, 0.5) is 0 Å². The van der Waals surface area contributed by atoms with Crippen LogP contribution < -0.4 is 0 Å². The van der Waals surface area contributed by atoms with Gasteiger partial charge in [-0.2, -0.15) is 0 Å². The fourth-order valence-electron chi connectivity index (χ4n) is 2.76. The van der Waals surface area contributed by atoms with Gasteiger partial charge < -0.3 is 4.74 Å². The Morgan fingerprint density at radius 2 is 2.17 bits per heavy atom. The number of rotatable bonds is 2. The van der Waals surface area contributed by atoms with Gasteiger partial charge in [0.25, 0.3) is 0 Å². The molecule has 1 aromatic carbocycles. The monoisotopic (exact) mass is 350 g/mol. The van der Waals surface area contributed by atoms with Crippen molar-refractivity contribution < 1.29 is 14.3 Å². The van der Waals surface area contributed by atoms with E-state index in [1.165, 1.54) is 18.9 Å². The number of carbonyl (C=O) groups is 2. The van der Waals surface area contributed by atoms with Crippen LogP contribution in [0.15, 0.2) is 40.5 Å². The van der Waals surface area contributed by atoms with Gasteiger partial charge >= 0.3 is 5.97 Å². The molecular formula is C16H15ClN2O3S. The number of amidine groups is 1. The predicted molar refractivity (Wildman–Crippen MR) is 90.3 cm³/mol. The van der Waals surface area contributed by atoms with Gasteiger partial charge in [-0.3, -0.25) is 9.69 Å². The van der Waals surface area contributed by atoms with Crippen LogP contribution in [0.5, 0.6) is 0 Å². The number of allylic oxidation sites excluding steroid dienone is 1. The highest BCUT2D eigenvalue weighted by Gasteiger charge is 2.42. The molecule has 0 N–H and O–H groups in total. The average molecular weight is 351 g/mol. The number of ether oxygens (including phenoxy) is 1. The molecule has 0 aromatic heterocycles. The Morgan fingerprint density at radius 3 is 2.87 bits per heavy atom. The minimum Gasteiger partial charge on any atom is -0.466 e. The van der Waals surface area contributed by atoms with E-state index in [-0.39, 0.29) is 5.91 Å². The summed E-state index contributed by atoms with van der Waals surface area (Å²) in [6.07, 6.45) is 0.401. The Morgan fingerprint density at radius 1 is 1.43 bits per heavy atom. The smallest absolute Gasteiger partial charge is 0.338 e. The molecule has 0 spiro atoms. The molecule has 2 aliphatic rings. The Kier molecular flexibility index (Phi) is 4.46. The molecule has 2 aliphatic heterocycles. The molecule has 23 heavy (non-hydrogen) atoms. The number of methoxy groups -OCH3 is 1. The summed E-state index contributed by atoms with van der Waals surface area (Å²) in [4.78, 5) is 30.8. The second kappa shape index (κ2) is 6.37. The van der Waals surface area contributed by atoms with Crippen molar-refractivity contribution in [2.24, 2.45) is 4.99 Å².